The van der Waals surface area contributed by atoms with Crippen molar-refractivity contribution in [3.8, 4) is 16.9 Å². The molecule has 0 fully saturated rings. The fourth-order valence-corrected chi connectivity index (χ4v) is 2.75. The van der Waals surface area contributed by atoms with Gasteiger partial charge in [0.25, 0.3) is 0 Å². The van der Waals surface area contributed by atoms with E-state index < -0.39 is 5.97 Å². The molecule has 0 bridgehead atoms. The lowest BCUT2D eigenvalue weighted by atomic mass is 9.86. The molecule has 2 aromatic rings. The number of hydrogen-bond donors (Lipinski definition) is 0. The van der Waals surface area contributed by atoms with Gasteiger partial charge in [0.1, 0.15) is 12.4 Å². The first-order chi connectivity index (χ1) is 13.1. The molecule has 150 valence electrons. The maximum absolute atomic E-state index is 12.4. The van der Waals surface area contributed by atoms with Gasteiger partial charge in [0.2, 0.25) is 5.91 Å². The SMILES string of the molecule is COc1ccc(C(=O)OCCC(=O)N(C)C)cc1-c1ccc(C(C)(C)C)cc1. The Morgan fingerprint density at radius 1 is 1.00 bits per heavy atom. The summed E-state index contributed by atoms with van der Waals surface area (Å²) >= 11 is 0. The summed E-state index contributed by atoms with van der Waals surface area (Å²) < 4.78 is 10.7. The highest BCUT2D eigenvalue weighted by molar-refractivity contribution is 5.92. The number of nitrogens with zero attached hydrogens (tertiary/aromatic N) is 1. The first-order valence-corrected chi connectivity index (χ1v) is 9.29. The number of carbonyl (C=O) groups is 2. The smallest absolute Gasteiger partial charge is 0.338 e. The summed E-state index contributed by atoms with van der Waals surface area (Å²) in [5, 5.41) is 0. The molecule has 0 atom stereocenters. The Hall–Kier alpha value is -2.82. The molecule has 0 radical (unpaired) electrons. The second-order valence-electron chi connectivity index (χ2n) is 7.92. The number of carbonyl (C=O) groups excluding carboxylic acids is 2. The number of esters is 1. The third-order valence-corrected chi connectivity index (χ3v) is 4.54. The van der Waals surface area contributed by atoms with Gasteiger partial charge in [0, 0.05) is 19.7 Å². The van der Waals surface area contributed by atoms with Crippen LogP contribution in [0.4, 0.5) is 0 Å². The quantitative estimate of drug-likeness (QED) is 0.698. The molecule has 0 aromatic heterocycles. The Balaban J connectivity index is 2.21. The van der Waals surface area contributed by atoms with Crippen molar-refractivity contribution in [2.75, 3.05) is 27.8 Å². The average molecular weight is 383 g/mol. The van der Waals surface area contributed by atoms with Gasteiger partial charge in [-0.3, -0.25) is 4.79 Å². The average Bonchev–Trinajstić information content (AvgIpc) is 2.66. The van der Waals surface area contributed by atoms with Gasteiger partial charge in [-0.2, -0.15) is 0 Å². The molecule has 0 saturated carbocycles. The van der Waals surface area contributed by atoms with Crippen LogP contribution in [0.2, 0.25) is 0 Å². The lowest BCUT2D eigenvalue weighted by molar-refractivity contribution is -0.129. The minimum absolute atomic E-state index is 0.0531. The Morgan fingerprint density at radius 3 is 2.18 bits per heavy atom. The fraction of sp³-hybridized carbons (Fsp3) is 0.391. The predicted molar refractivity (Wildman–Crippen MR) is 111 cm³/mol. The van der Waals surface area contributed by atoms with Crippen molar-refractivity contribution < 1.29 is 19.1 Å². The second kappa shape index (κ2) is 8.91. The summed E-state index contributed by atoms with van der Waals surface area (Å²) in [5.74, 6) is 0.145. The molecule has 0 aliphatic rings. The van der Waals surface area contributed by atoms with Crippen LogP contribution in [0.25, 0.3) is 11.1 Å². The van der Waals surface area contributed by atoms with Crippen molar-refractivity contribution in [3.05, 3.63) is 53.6 Å². The molecule has 0 heterocycles. The highest BCUT2D eigenvalue weighted by Gasteiger charge is 2.16. The normalized spacial score (nSPS) is 11.1. The minimum atomic E-state index is -0.457. The van der Waals surface area contributed by atoms with Gasteiger partial charge in [0.05, 0.1) is 19.1 Å². The van der Waals surface area contributed by atoms with Gasteiger partial charge < -0.3 is 14.4 Å². The Morgan fingerprint density at radius 2 is 1.64 bits per heavy atom. The molecular weight excluding hydrogens is 354 g/mol. The zero-order chi connectivity index (χ0) is 20.9. The van der Waals surface area contributed by atoms with E-state index >= 15 is 0 Å². The zero-order valence-corrected chi connectivity index (χ0v) is 17.5. The first-order valence-electron chi connectivity index (χ1n) is 9.29. The highest BCUT2D eigenvalue weighted by Crippen LogP contribution is 2.33. The molecule has 2 aromatic carbocycles. The summed E-state index contributed by atoms with van der Waals surface area (Å²) in [4.78, 5) is 25.4. The Bertz CT molecular complexity index is 833. The molecule has 2 rings (SSSR count). The molecule has 0 spiro atoms. The van der Waals surface area contributed by atoms with Crippen LogP contribution >= 0.6 is 0 Å². The van der Waals surface area contributed by atoms with Crippen LogP contribution in [0.15, 0.2) is 42.5 Å². The number of ether oxygens (including phenoxy) is 2. The van der Waals surface area contributed by atoms with Gasteiger partial charge in [0.15, 0.2) is 0 Å². The summed E-state index contributed by atoms with van der Waals surface area (Å²) in [6.07, 6.45) is 0.163. The van der Waals surface area contributed by atoms with Crippen LogP contribution in [0, 0.1) is 0 Å². The van der Waals surface area contributed by atoms with Crippen molar-refractivity contribution >= 4 is 11.9 Å². The molecule has 0 N–H and O–H groups in total. The van der Waals surface area contributed by atoms with Gasteiger partial charge in [-0.05, 0) is 34.7 Å². The predicted octanol–water partition coefficient (Wildman–Crippen LogP) is 4.29. The Labute approximate surface area is 167 Å². The molecule has 0 unspecified atom stereocenters. The molecule has 28 heavy (non-hydrogen) atoms. The molecular formula is C23H29NO4. The summed E-state index contributed by atoms with van der Waals surface area (Å²) in [7, 11) is 4.95. The van der Waals surface area contributed by atoms with E-state index in [1.54, 1.807) is 39.4 Å². The van der Waals surface area contributed by atoms with Crippen LogP contribution < -0.4 is 4.74 Å². The number of amides is 1. The first kappa shape index (κ1) is 21.5. The van der Waals surface area contributed by atoms with Crippen molar-refractivity contribution in [1.82, 2.24) is 4.90 Å². The van der Waals surface area contributed by atoms with Crippen LogP contribution in [0.1, 0.15) is 43.1 Å². The monoisotopic (exact) mass is 383 g/mol. The van der Waals surface area contributed by atoms with Gasteiger partial charge in [-0.25, -0.2) is 4.79 Å². The summed E-state index contributed by atoms with van der Waals surface area (Å²) in [5.41, 5.74) is 3.51. The van der Waals surface area contributed by atoms with Crippen LogP contribution in [0.5, 0.6) is 5.75 Å². The maximum Gasteiger partial charge on any atom is 0.338 e. The largest absolute Gasteiger partial charge is 0.496 e. The second-order valence-corrected chi connectivity index (χ2v) is 7.92. The van der Waals surface area contributed by atoms with Crippen LogP contribution in [-0.4, -0.2) is 44.6 Å². The fourth-order valence-electron chi connectivity index (χ4n) is 2.75. The van der Waals surface area contributed by atoms with E-state index in [-0.39, 0.29) is 24.3 Å². The van der Waals surface area contributed by atoms with E-state index in [1.807, 2.05) is 12.1 Å². The third kappa shape index (κ3) is 5.35. The molecule has 0 aliphatic heterocycles. The van der Waals surface area contributed by atoms with Crippen LogP contribution in [-0.2, 0) is 14.9 Å². The van der Waals surface area contributed by atoms with Crippen LogP contribution in [0.3, 0.4) is 0 Å². The highest BCUT2D eigenvalue weighted by atomic mass is 16.5. The number of rotatable bonds is 6. The number of hydrogen-bond acceptors (Lipinski definition) is 4. The molecule has 0 saturated heterocycles. The van der Waals surface area contributed by atoms with Gasteiger partial charge in [-0.1, -0.05) is 45.0 Å². The lowest BCUT2D eigenvalue weighted by Gasteiger charge is -2.19. The van der Waals surface area contributed by atoms with E-state index in [2.05, 4.69) is 32.9 Å². The van der Waals surface area contributed by atoms with E-state index in [0.29, 0.717) is 11.3 Å². The van der Waals surface area contributed by atoms with Crippen molar-refractivity contribution in [2.24, 2.45) is 0 Å². The summed E-state index contributed by atoms with van der Waals surface area (Å²) in [6, 6.07) is 13.4. The molecule has 5 heteroatoms. The lowest BCUT2D eigenvalue weighted by Crippen LogP contribution is -2.23. The third-order valence-electron chi connectivity index (χ3n) is 4.54. The topological polar surface area (TPSA) is 55.8 Å². The molecule has 0 aliphatic carbocycles. The van der Waals surface area contributed by atoms with E-state index in [9.17, 15) is 9.59 Å². The van der Waals surface area contributed by atoms with Gasteiger partial charge >= 0.3 is 5.97 Å². The van der Waals surface area contributed by atoms with Crippen molar-refractivity contribution in [2.45, 2.75) is 32.6 Å². The zero-order valence-electron chi connectivity index (χ0n) is 17.5. The Kier molecular flexibility index (Phi) is 6.84. The molecule has 1 amide bonds. The van der Waals surface area contributed by atoms with Crippen molar-refractivity contribution in [1.29, 1.82) is 0 Å². The minimum Gasteiger partial charge on any atom is -0.496 e. The number of methoxy groups -OCH3 is 1. The number of benzene rings is 2. The van der Waals surface area contributed by atoms with E-state index in [1.165, 1.54) is 10.5 Å². The summed E-state index contributed by atoms with van der Waals surface area (Å²) in [6.45, 7) is 6.55. The molecule has 5 nitrogen and oxygen atoms in total. The van der Waals surface area contributed by atoms with Gasteiger partial charge in [-0.15, -0.1) is 0 Å². The maximum atomic E-state index is 12.4. The van der Waals surface area contributed by atoms with E-state index in [0.717, 1.165) is 11.1 Å². The van der Waals surface area contributed by atoms with E-state index in [4.69, 9.17) is 9.47 Å². The van der Waals surface area contributed by atoms with Crippen molar-refractivity contribution in [3.63, 3.8) is 0 Å². The standard InChI is InChI=1S/C23H29NO4/c1-23(2,3)18-10-7-16(8-11-18)19-15-17(9-12-20(19)27-6)22(26)28-14-13-21(25)24(4)5/h7-12,15H,13-14H2,1-6H3.